The lowest BCUT2D eigenvalue weighted by Crippen LogP contribution is -2.04. The highest BCUT2D eigenvalue weighted by molar-refractivity contribution is 9.10. The molecule has 1 atom stereocenters. The van der Waals surface area contributed by atoms with E-state index in [1.54, 1.807) is 42.6 Å². The fourth-order valence-electron chi connectivity index (χ4n) is 1.48. The second-order valence-electron chi connectivity index (χ2n) is 3.85. The summed E-state index contributed by atoms with van der Waals surface area (Å²) >= 11 is 3.18. The molecule has 4 nitrogen and oxygen atoms in total. The van der Waals surface area contributed by atoms with Crippen LogP contribution in [-0.2, 0) is 9.73 Å². The first kappa shape index (κ1) is 13.9. The molecule has 0 aliphatic rings. The Bertz CT molecular complexity index is 722. The number of carbonyl (C=O) groups is 1. The van der Waals surface area contributed by atoms with Crippen molar-refractivity contribution in [3.8, 4) is 0 Å². The van der Waals surface area contributed by atoms with Gasteiger partial charge in [-0.3, -0.25) is 4.79 Å². The molecule has 1 unspecified atom stereocenters. The molecular formula is C13H11BrN2O2S. The molecule has 0 radical (unpaired) electrons. The van der Waals surface area contributed by atoms with Crippen molar-refractivity contribution in [3.05, 3.63) is 58.8 Å². The van der Waals surface area contributed by atoms with E-state index < -0.39 is 15.6 Å². The summed E-state index contributed by atoms with van der Waals surface area (Å²) in [7, 11) is -2.75. The Balaban J connectivity index is 2.45. The van der Waals surface area contributed by atoms with Gasteiger partial charge < -0.3 is 0 Å². The SMILES string of the molecule is CS(=O)(=NC(=O)c1cccnc1Br)c1ccccc1. The second-order valence-corrected chi connectivity index (χ2v) is 6.86. The van der Waals surface area contributed by atoms with Crippen LogP contribution in [0.1, 0.15) is 10.4 Å². The highest BCUT2D eigenvalue weighted by Crippen LogP contribution is 2.17. The zero-order chi connectivity index (χ0) is 13.9. The minimum atomic E-state index is -2.75. The minimum absolute atomic E-state index is 0.299. The molecule has 2 rings (SSSR count). The number of amides is 1. The van der Waals surface area contributed by atoms with E-state index in [0.717, 1.165) is 0 Å². The Morgan fingerprint density at radius 3 is 2.53 bits per heavy atom. The molecule has 2 aromatic rings. The lowest BCUT2D eigenvalue weighted by Gasteiger charge is -2.04. The van der Waals surface area contributed by atoms with Crippen molar-refractivity contribution in [2.24, 2.45) is 4.36 Å². The number of carbonyl (C=O) groups excluding carboxylic acids is 1. The standard InChI is InChI=1S/C13H11BrN2O2S/c1-19(18,10-6-3-2-4-7-10)16-13(17)11-8-5-9-15-12(11)14/h2-9H,1H3. The second kappa shape index (κ2) is 5.63. The van der Waals surface area contributed by atoms with Crippen LogP contribution in [0, 0.1) is 0 Å². The van der Waals surface area contributed by atoms with Gasteiger partial charge in [-0.25, -0.2) is 9.19 Å². The van der Waals surface area contributed by atoms with Gasteiger partial charge in [0.2, 0.25) is 0 Å². The zero-order valence-corrected chi connectivity index (χ0v) is 12.5. The largest absolute Gasteiger partial charge is 0.288 e. The van der Waals surface area contributed by atoms with Gasteiger partial charge in [-0.1, -0.05) is 18.2 Å². The number of aromatic nitrogens is 1. The van der Waals surface area contributed by atoms with Crippen molar-refractivity contribution in [1.82, 2.24) is 4.98 Å². The first-order valence-electron chi connectivity index (χ1n) is 5.43. The Morgan fingerprint density at radius 1 is 1.21 bits per heavy atom. The summed E-state index contributed by atoms with van der Waals surface area (Å²) in [5.74, 6) is -0.545. The normalized spacial score (nSPS) is 13.6. The fourth-order valence-corrected chi connectivity index (χ4v) is 3.08. The van der Waals surface area contributed by atoms with Gasteiger partial charge in [-0.2, -0.15) is 4.36 Å². The van der Waals surface area contributed by atoms with Crippen molar-refractivity contribution in [2.75, 3.05) is 6.26 Å². The number of benzene rings is 1. The highest BCUT2D eigenvalue weighted by atomic mass is 79.9. The average molecular weight is 339 g/mol. The molecular weight excluding hydrogens is 328 g/mol. The van der Waals surface area contributed by atoms with Gasteiger partial charge >= 0.3 is 0 Å². The van der Waals surface area contributed by atoms with Crippen LogP contribution in [0.3, 0.4) is 0 Å². The van der Waals surface area contributed by atoms with Crippen LogP contribution >= 0.6 is 15.9 Å². The lowest BCUT2D eigenvalue weighted by molar-refractivity contribution is 0.100. The molecule has 1 aromatic carbocycles. The summed E-state index contributed by atoms with van der Waals surface area (Å²) in [5.41, 5.74) is 0.299. The van der Waals surface area contributed by atoms with Crippen LogP contribution < -0.4 is 0 Å². The predicted octanol–water partition coefficient (Wildman–Crippen LogP) is 3.14. The van der Waals surface area contributed by atoms with Gasteiger partial charge in [-0.15, -0.1) is 0 Å². The van der Waals surface area contributed by atoms with E-state index in [-0.39, 0.29) is 0 Å². The molecule has 1 aromatic heterocycles. The number of hydrogen-bond acceptors (Lipinski definition) is 3. The summed E-state index contributed by atoms with van der Waals surface area (Å²) in [5, 5.41) is 0. The molecule has 0 fully saturated rings. The molecule has 0 saturated heterocycles. The maximum atomic E-state index is 12.5. The van der Waals surface area contributed by atoms with Crippen LogP contribution in [0.4, 0.5) is 0 Å². The van der Waals surface area contributed by atoms with E-state index in [4.69, 9.17) is 0 Å². The monoisotopic (exact) mass is 338 g/mol. The smallest absolute Gasteiger partial charge is 0.266 e. The zero-order valence-electron chi connectivity index (χ0n) is 10.1. The van der Waals surface area contributed by atoms with E-state index in [1.165, 1.54) is 6.26 Å². The van der Waals surface area contributed by atoms with Crippen LogP contribution in [0.2, 0.25) is 0 Å². The van der Waals surface area contributed by atoms with Crippen molar-refractivity contribution >= 4 is 31.6 Å². The summed E-state index contributed by atoms with van der Waals surface area (Å²) in [6.07, 6.45) is 3.01. The Hall–Kier alpha value is -1.53. The third-order valence-corrected chi connectivity index (χ3v) is 4.72. The van der Waals surface area contributed by atoms with Gasteiger partial charge in [0, 0.05) is 17.3 Å². The Labute approximate surface area is 120 Å². The number of halogens is 1. The molecule has 0 bridgehead atoms. The molecule has 1 heterocycles. The molecule has 1 amide bonds. The van der Waals surface area contributed by atoms with Crippen LogP contribution in [0.25, 0.3) is 0 Å². The number of rotatable bonds is 2. The predicted molar refractivity (Wildman–Crippen MR) is 77.5 cm³/mol. The Kier molecular flexibility index (Phi) is 4.11. The molecule has 0 spiro atoms. The molecule has 98 valence electrons. The molecule has 0 aliphatic carbocycles. The quantitative estimate of drug-likeness (QED) is 0.790. The van der Waals surface area contributed by atoms with E-state index in [2.05, 4.69) is 25.3 Å². The minimum Gasteiger partial charge on any atom is -0.266 e. The molecule has 6 heteroatoms. The van der Waals surface area contributed by atoms with Gasteiger partial charge in [-0.05, 0) is 40.2 Å². The first-order chi connectivity index (χ1) is 9.00. The maximum absolute atomic E-state index is 12.5. The first-order valence-corrected chi connectivity index (χ1v) is 8.14. The topological polar surface area (TPSA) is 59.4 Å². The van der Waals surface area contributed by atoms with Crippen LogP contribution in [-0.4, -0.2) is 21.4 Å². The fraction of sp³-hybridized carbons (Fsp3) is 0.0769. The van der Waals surface area contributed by atoms with E-state index in [1.807, 2.05) is 6.07 Å². The van der Waals surface area contributed by atoms with Crippen molar-refractivity contribution in [1.29, 1.82) is 0 Å². The van der Waals surface area contributed by atoms with Gasteiger partial charge in [0.05, 0.1) is 15.3 Å². The van der Waals surface area contributed by atoms with E-state index >= 15 is 0 Å². The van der Waals surface area contributed by atoms with Crippen molar-refractivity contribution < 1.29 is 9.00 Å². The number of hydrogen-bond donors (Lipinski definition) is 0. The third-order valence-electron chi connectivity index (χ3n) is 2.43. The molecule has 19 heavy (non-hydrogen) atoms. The Morgan fingerprint density at radius 2 is 1.89 bits per heavy atom. The summed E-state index contributed by atoms with van der Waals surface area (Å²) in [6.45, 7) is 0. The van der Waals surface area contributed by atoms with Gasteiger partial charge in [0.25, 0.3) is 5.91 Å². The molecule has 0 saturated carbocycles. The van der Waals surface area contributed by atoms with Crippen molar-refractivity contribution in [3.63, 3.8) is 0 Å². The highest BCUT2D eigenvalue weighted by Gasteiger charge is 2.13. The summed E-state index contributed by atoms with van der Waals surface area (Å²) in [4.78, 5) is 16.5. The molecule has 0 aliphatic heterocycles. The van der Waals surface area contributed by atoms with Gasteiger partial charge in [0.15, 0.2) is 0 Å². The van der Waals surface area contributed by atoms with E-state index in [9.17, 15) is 9.00 Å². The maximum Gasteiger partial charge on any atom is 0.288 e. The number of nitrogens with zero attached hydrogens (tertiary/aromatic N) is 2. The average Bonchev–Trinajstić information content (AvgIpc) is 2.39. The van der Waals surface area contributed by atoms with Gasteiger partial charge in [0.1, 0.15) is 4.60 Å². The summed E-state index contributed by atoms with van der Waals surface area (Å²) in [6, 6.07) is 11.9. The lowest BCUT2D eigenvalue weighted by atomic mass is 10.3. The van der Waals surface area contributed by atoms with Crippen LogP contribution in [0.15, 0.2) is 62.5 Å². The number of pyridine rings is 1. The third kappa shape index (κ3) is 3.27. The van der Waals surface area contributed by atoms with E-state index in [0.29, 0.717) is 15.1 Å². The van der Waals surface area contributed by atoms with Crippen LogP contribution in [0.5, 0.6) is 0 Å². The summed E-state index contributed by atoms with van der Waals surface area (Å²) < 4.78 is 16.7. The van der Waals surface area contributed by atoms with Crippen molar-refractivity contribution in [2.45, 2.75) is 4.90 Å². The molecule has 0 N–H and O–H groups in total.